The number of sulfonamides is 1. The van der Waals surface area contributed by atoms with Gasteiger partial charge in [-0.2, -0.15) is 5.26 Å². The van der Waals surface area contributed by atoms with Crippen LogP contribution in [0.25, 0.3) is 0 Å². The number of hydrogen-bond donors (Lipinski definition) is 1. The first-order chi connectivity index (χ1) is 8.76. The standard InChI is InChI=1S/C13H15FN2O2S/c1-13(2,10-3-4-10)16-19(17,18)11-5-6-12(14)9(7-11)8-15/h5-7,10,16H,3-4H2,1-2H3. The monoisotopic (exact) mass is 282 g/mol. The summed E-state index contributed by atoms with van der Waals surface area (Å²) in [6.45, 7) is 3.66. The van der Waals surface area contributed by atoms with E-state index in [1.54, 1.807) is 6.07 Å². The molecule has 1 saturated carbocycles. The summed E-state index contributed by atoms with van der Waals surface area (Å²) >= 11 is 0. The van der Waals surface area contributed by atoms with Crippen molar-refractivity contribution in [3.63, 3.8) is 0 Å². The Balaban J connectivity index is 2.32. The van der Waals surface area contributed by atoms with Crippen molar-refractivity contribution in [3.05, 3.63) is 29.6 Å². The van der Waals surface area contributed by atoms with Crippen LogP contribution in [0.2, 0.25) is 0 Å². The van der Waals surface area contributed by atoms with E-state index >= 15 is 0 Å². The summed E-state index contributed by atoms with van der Waals surface area (Å²) in [6.07, 6.45) is 2.00. The molecule has 102 valence electrons. The largest absolute Gasteiger partial charge is 0.241 e. The molecule has 2 rings (SSSR count). The minimum absolute atomic E-state index is 0.0841. The Kier molecular flexibility index (Phi) is 3.37. The molecule has 0 radical (unpaired) electrons. The molecule has 0 saturated heterocycles. The summed E-state index contributed by atoms with van der Waals surface area (Å²) in [6, 6.07) is 4.86. The Bertz CT molecular complexity index is 643. The van der Waals surface area contributed by atoms with E-state index in [1.807, 2.05) is 13.8 Å². The van der Waals surface area contributed by atoms with E-state index in [9.17, 15) is 12.8 Å². The van der Waals surface area contributed by atoms with Gasteiger partial charge in [-0.05, 0) is 50.8 Å². The van der Waals surface area contributed by atoms with Gasteiger partial charge in [0.1, 0.15) is 11.9 Å². The summed E-state index contributed by atoms with van der Waals surface area (Å²) in [4.78, 5) is -0.0841. The molecule has 1 aliphatic carbocycles. The average molecular weight is 282 g/mol. The second-order valence-electron chi connectivity index (χ2n) is 5.35. The molecule has 1 N–H and O–H groups in total. The maximum Gasteiger partial charge on any atom is 0.241 e. The number of nitrogens with one attached hydrogen (secondary N) is 1. The lowest BCUT2D eigenvalue weighted by atomic mass is 10.0. The molecular formula is C13H15FN2O2S. The van der Waals surface area contributed by atoms with E-state index in [0.717, 1.165) is 25.0 Å². The third-order valence-corrected chi connectivity index (χ3v) is 5.03. The Labute approximate surface area is 112 Å². The van der Waals surface area contributed by atoms with Crippen LogP contribution in [0, 0.1) is 23.1 Å². The van der Waals surface area contributed by atoms with Gasteiger partial charge in [0.25, 0.3) is 0 Å². The van der Waals surface area contributed by atoms with Crippen molar-refractivity contribution in [1.82, 2.24) is 4.72 Å². The first-order valence-corrected chi connectivity index (χ1v) is 7.48. The van der Waals surface area contributed by atoms with Crippen LogP contribution in [-0.4, -0.2) is 14.0 Å². The van der Waals surface area contributed by atoms with Gasteiger partial charge in [-0.15, -0.1) is 0 Å². The molecule has 0 atom stereocenters. The number of nitrogens with zero attached hydrogens (tertiary/aromatic N) is 1. The van der Waals surface area contributed by atoms with E-state index in [0.29, 0.717) is 5.92 Å². The van der Waals surface area contributed by atoms with E-state index < -0.39 is 21.4 Å². The van der Waals surface area contributed by atoms with Crippen LogP contribution in [0.4, 0.5) is 4.39 Å². The van der Waals surface area contributed by atoms with Crippen LogP contribution in [0.3, 0.4) is 0 Å². The zero-order chi connectivity index (χ0) is 14.3. The van der Waals surface area contributed by atoms with Gasteiger partial charge < -0.3 is 0 Å². The molecule has 0 aromatic heterocycles. The third kappa shape index (κ3) is 2.94. The Morgan fingerprint density at radius 3 is 2.58 bits per heavy atom. The van der Waals surface area contributed by atoms with Gasteiger partial charge in [-0.3, -0.25) is 0 Å². The lowest BCUT2D eigenvalue weighted by Crippen LogP contribution is -2.45. The molecule has 1 fully saturated rings. The predicted molar refractivity (Wildman–Crippen MR) is 68.2 cm³/mol. The molecule has 0 aliphatic heterocycles. The quantitative estimate of drug-likeness (QED) is 0.920. The highest BCUT2D eigenvalue weighted by molar-refractivity contribution is 7.89. The molecule has 6 heteroatoms. The van der Waals surface area contributed by atoms with Crippen molar-refractivity contribution in [1.29, 1.82) is 5.26 Å². The summed E-state index contributed by atoms with van der Waals surface area (Å²) in [7, 11) is -3.74. The van der Waals surface area contributed by atoms with Gasteiger partial charge in [0.15, 0.2) is 0 Å². The van der Waals surface area contributed by atoms with Gasteiger partial charge in [0.2, 0.25) is 10.0 Å². The first kappa shape index (κ1) is 14.0. The summed E-state index contributed by atoms with van der Waals surface area (Å²) < 4.78 is 40.3. The molecule has 4 nitrogen and oxygen atoms in total. The summed E-state index contributed by atoms with van der Waals surface area (Å²) in [5.74, 6) is -0.388. The molecule has 0 unspecified atom stereocenters. The van der Waals surface area contributed by atoms with Crippen LogP contribution >= 0.6 is 0 Å². The number of rotatable bonds is 4. The number of benzene rings is 1. The zero-order valence-corrected chi connectivity index (χ0v) is 11.6. The molecule has 0 amide bonds. The van der Waals surface area contributed by atoms with Crippen LogP contribution in [0.5, 0.6) is 0 Å². The van der Waals surface area contributed by atoms with Crippen molar-refractivity contribution in [3.8, 4) is 6.07 Å². The van der Waals surface area contributed by atoms with E-state index in [1.165, 1.54) is 6.07 Å². The lowest BCUT2D eigenvalue weighted by Gasteiger charge is -2.25. The fraction of sp³-hybridized carbons (Fsp3) is 0.462. The molecule has 0 bridgehead atoms. The van der Waals surface area contributed by atoms with Crippen LogP contribution in [0.1, 0.15) is 32.3 Å². The maximum atomic E-state index is 13.2. The van der Waals surface area contributed by atoms with E-state index in [2.05, 4.69) is 4.72 Å². The van der Waals surface area contributed by atoms with Gasteiger partial charge >= 0.3 is 0 Å². The molecular weight excluding hydrogens is 267 g/mol. The average Bonchev–Trinajstić information content (AvgIpc) is 3.11. The van der Waals surface area contributed by atoms with Crippen molar-refractivity contribution < 1.29 is 12.8 Å². The highest BCUT2D eigenvalue weighted by atomic mass is 32.2. The van der Waals surface area contributed by atoms with Gasteiger partial charge in [-0.25, -0.2) is 17.5 Å². The van der Waals surface area contributed by atoms with Crippen LogP contribution in [0.15, 0.2) is 23.1 Å². The van der Waals surface area contributed by atoms with E-state index in [4.69, 9.17) is 5.26 Å². The minimum Gasteiger partial charge on any atom is -0.207 e. The summed E-state index contributed by atoms with van der Waals surface area (Å²) in [5, 5.41) is 8.73. The third-order valence-electron chi connectivity index (χ3n) is 3.36. The zero-order valence-electron chi connectivity index (χ0n) is 10.8. The maximum absolute atomic E-state index is 13.2. The predicted octanol–water partition coefficient (Wildman–Crippen LogP) is 2.16. The van der Waals surface area contributed by atoms with Crippen molar-refractivity contribution in [2.75, 3.05) is 0 Å². The smallest absolute Gasteiger partial charge is 0.207 e. The van der Waals surface area contributed by atoms with Gasteiger partial charge in [0, 0.05) is 5.54 Å². The molecule has 1 aromatic carbocycles. The number of halogens is 1. The summed E-state index contributed by atoms with van der Waals surface area (Å²) in [5.41, 5.74) is -0.799. The second-order valence-corrected chi connectivity index (χ2v) is 7.04. The molecule has 0 heterocycles. The minimum atomic E-state index is -3.74. The normalized spacial score (nSPS) is 16.1. The van der Waals surface area contributed by atoms with Crippen molar-refractivity contribution in [2.45, 2.75) is 37.1 Å². The molecule has 19 heavy (non-hydrogen) atoms. The molecule has 0 spiro atoms. The van der Waals surface area contributed by atoms with Crippen LogP contribution < -0.4 is 4.72 Å². The number of hydrogen-bond acceptors (Lipinski definition) is 3. The SMILES string of the molecule is CC(C)(NS(=O)(=O)c1ccc(F)c(C#N)c1)C1CC1. The molecule has 1 aromatic rings. The van der Waals surface area contributed by atoms with Crippen LogP contribution in [-0.2, 0) is 10.0 Å². The highest BCUT2D eigenvalue weighted by Gasteiger charge is 2.40. The lowest BCUT2D eigenvalue weighted by molar-refractivity contribution is 0.400. The van der Waals surface area contributed by atoms with Crippen molar-refractivity contribution >= 4 is 10.0 Å². The first-order valence-electron chi connectivity index (χ1n) is 6.00. The number of nitriles is 1. The Morgan fingerprint density at radius 1 is 1.42 bits per heavy atom. The second kappa shape index (κ2) is 4.58. The highest BCUT2D eigenvalue weighted by Crippen LogP contribution is 2.39. The topological polar surface area (TPSA) is 70.0 Å². The van der Waals surface area contributed by atoms with Crippen molar-refractivity contribution in [2.24, 2.45) is 5.92 Å². The van der Waals surface area contributed by atoms with Gasteiger partial charge in [-0.1, -0.05) is 0 Å². The van der Waals surface area contributed by atoms with Gasteiger partial charge in [0.05, 0.1) is 10.5 Å². The Hall–Kier alpha value is -1.45. The van der Waals surface area contributed by atoms with E-state index in [-0.39, 0.29) is 10.5 Å². The fourth-order valence-corrected chi connectivity index (χ4v) is 3.55. The fourth-order valence-electron chi connectivity index (χ4n) is 2.05. The molecule has 1 aliphatic rings. The Morgan fingerprint density at radius 2 is 2.05 bits per heavy atom.